The van der Waals surface area contributed by atoms with Crippen LogP contribution in [0.2, 0.25) is 0 Å². The van der Waals surface area contributed by atoms with Crippen LogP contribution in [0.5, 0.6) is 0 Å². The van der Waals surface area contributed by atoms with Gasteiger partial charge >= 0.3 is 0 Å². The lowest BCUT2D eigenvalue weighted by Gasteiger charge is -2.64. The molecule has 1 heterocycles. The number of aliphatic hydroxyl groups is 2. The van der Waals surface area contributed by atoms with Crippen molar-refractivity contribution in [2.45, 2.75) is 118 Å². The topological polar surface area (TPSA) is 58.9 Å². The van der Waals surface area contributed by atoms with Crippen LogP contribution in [0.25, 0.3) is 0 Å². The van der Waals surface area contributed by atoms with Crippen molar-refractivity contribution in [2.24, 2.45) is 58.2 Å². The first kappa shape index (κ1) is 27.9. The molecule has 0 aromatic rings. The van der Waals surface area contributed by atoms with E-state index in [2.05, 4.69) is 41.5 Å². The maximum Gasteiger partial charge on any atom is 0.168 e. The molecule has 4 nitrogen and oxygen atoms in total. The Morgan fingerprint density at radius 3 is 2.17 bits per heavy atom. The summed E-state index contributed by atoms with van der Waals surface area (Å²) >= 11 is 0. The van der Waals surface area contributed by atoms with E-state index in [0.717, 1.165) is 81.0 Å². The average Bonchev–Trinajstić information content (AvgIpc) is 3.44. The van der Waals surface area contributed by atoms with Gasteiger partial charge in [0.2, 0.25) is 0 Å². The van der Waals surface area contributed by atoms with E-state index in [0.29, 0.717) is 16.7 Å². The molecule has 0 aromatic heterocycles. The molecule has 9 unspecified atom stereocenters. The van der Waals surface area contributed by atoms with Crippen LogP contribution < -0.4 is 0 Å². The Hall–Kier alpha value is -0.160. The van der Waals surface area contributed by atoms with Crippen LogP contribution in [-0.4, -0.2) is 42.4 Å². The summed E-state index contributed by atoms with van der Waals surface area (Å²) in [7, 11) is 1.00. The molecule has 4 heteroatoms. The minimum atomic E-state index is -0.242. The summed E-state index contributed by atoms with van der Waals surface area (Å²) in [6, 6.07) is 0. The summed E-state index contributed by atoms with van der Waals surface area (Å²) < 4.78 is 12.4. The molecule has 35 heavy (non-hydrogen) atoms. The van der Waals surface area contributed by atoms with Crippen molar-refractivity contribution in [1.82, 2.24) is 0 Å². The average molecular weight is 493 g/mol. The van der Waals surface area contributed by atoms with Gasteiger partial charge in [-0.05, 0) is 110 Å². The molecule has 1 saturated heterocycles. The maximum atomic E-state index is 10.4. The number of aliphatic hydroxyl groups excluding tert-OH is 2. The standard InChI is InChI=1S/C30H52O3.CH4O/c1-19(2)26(31)10-7-20(3)23-8-9-24-27-21(4)17-22-18-30(32-15-16-33-30)14-13-28(22,5)25(27)11-12-29(23,24)6;1-2/h19-27,31H,7-18H2,1-6H3;2H,1H3/t20?,21?,22-,23?,24?,25?,26?,27?,28?,29?;/m0./s1. The Balaban J connectivity index is 0.00000141. The third kappa shape index (κ3) is 4.77. The van der Waals surface area contributed by atoms with E-state index in [1.807, 2.05) is 0 Å². The molecule has 5 fully saturated rings. The molecular formula is C31H56O4. The van der Waals surface area contributed by atoms with Gasteiger partial charge in [-0.15, -0.1) is 0 Å². The highest BCUT2D eigenvalue weighted by molar-refractivity contribution is 5.12. The summed E-state index contributed by atoms with van der Waals surface area (Å²) in [5.41, 5.74) is 0.985. The highest BCUT2D eigenvalue weighted by Gasteiger charge is 2.63. The molecule has 5 aliphatic rings. The van der Waals surface area contributed by atoms with Crippen LogP contribution in [0.15, 0.2) is 0 Å². The van der Waals surface area contributed by atoms with Crippen molar-refractivity contribution in [3.8, 4) is 0 Å². The van der Waals surface area contributed by atoms with E-state index < -0.39 is 0 Å². The summed E-state index contributed by atoms with van der Waals surface area (Å²) in [5, 5.41) is 17.4. The lowest BCUT2D eigenvalue weighted by atomic mass is 9.42. The van der Waals surface area contributed by atoms with Crippen LogP contribution >= 0.6 is 0 Å². The molecule has 0 amide bonds. The number of hydrogen-bond donors (Lipinski definition) is 2. The second-order valence-electron chi connectivity index (χ2n) is 14.1. The maximum absolute atomic E-state index is 10.4. The summed E-state index contributed by atoms with van der Waals surface area (Å²) in [5.74, 6) is 6.00. The molecule has 204 valence electrons. The van der Waals surface area contributed by atoms with Crippen molar-refractivity contribution < 1.29 is 19.7 Å². The Morgan fingerprint density at radius 1 is 0.857 bits per heavy atom. The molecule has 0 bridgehead atoms. The lowest BCUT2D eigenvalue weighted by molar-refractivity contribution is -0.236. The van der Waals surface area contributed by atoms with Crippen molar-refractivity contribution in [3.63, 3.8) is 0 Å². The second-order valence-corrected chi connectivity index (χ2v) is 14.1. The Labute approximate surface area is 215 Å². The zero-order chi connectivity index (χ0) is 25.6. The predicted octanol–water partition coefficient (Wildman–Crippen LogP) is 6.68. The first-order chi connectivity index (χ1) is 16.6. The van der Waals surface area contributed by atoms with E-state index >= 15 is 0 Å². The zero-order valence-corrected chi connectivity index (χ0v) is 23.9. The van der Waals surface area contributed by atoms with E-state index in [1.54, 1.807) is 0 Å². The van der Waals surface area contributed by atoms with Crippen molar-refractivity contribution in [3.05, 3.63) is 0 Å². The van der Waals surface area contributed by atoms with Crippen LogP contribution in [0.4, 0.5) is 0 Å². The third-order valence-corrected chi connectivity index (χ3v) is 12.3. The molecule has 2 N–H and O–H groups in total. The fourth-order valence-electron chi connectivity index (χ4n) is 10.3. The first-order valence-corrected chi connectivity index (χ1v) is 15.0. The first-order valence-electron chi connectivity index (χ1n) is 15.0. The van der Waals surface area contributed by atoms with Crippen LogP contribution in [0.3, 0.4) is 0 Å². The molecule has 1 spiro atoms. The summed E-state index contributed by atoms with van der Waals surface area (Å²) in [6.45, 7) is 16.3. The molecule has 0 aromatic carbocycles. The quantitative estimate of drug-likeness (QED) is 0.450. The van der Waals surface area contributed by atoms with E-state index in [4.69, 9.17) is 14.6 Å². The molecule has 0 radical (unpaired) electrons. The fraction of sp³-hybridized carbons (Fsp3) is 1.00. The minimum Gasteiger partial charge on any atom is -0.400 e. The van der Waals surface area contributed by atoms with Gasteiger partial charge in [-0.2, -0.15) is 0 Å². The molecule has 1 aliphatic heterocycles. The smallest absolute Gasteiger partial charge is 0.168 e. The fourth-order valence-corrected chi connectivity index (χ4v) is 10.3. The number of ether oxygens (including phenoxy) is 2. The van der Waals surface area contributed by atoms with Gasteiger partial charge in [0, 0.05) is 20.0 Å². The molecule has 4 aliphatic carbocycles. The molecule has 5 rings (SSSR count). The van der Waals surface area contributed by atoms with Gasteiger partial charge in [0.1, 0.15) is 0 Å². The van der Waals surface area contributed by atoms with Gasteiger partial charge in [-0.3, -0.25) is 0 Å². The second kappa shape index (κ2) is 10.5. The summed E-state index contributed by atoms with van der Waals surface area (Å²) in [4.78, 5) is 0. The van der Waals surface area contributed by atoms with Gasteiger partial charge in [0.15, 0.2) is 5.79 Å². The number of fused-ring (bicyclic) bond motifs is 5. The van der Waals surface area contributed by atoms with E-state index in [9.17, 15) is 5.11 Å². The summed E-state index contributed by atoms with van der Waals surface area (Å²) in [6.07, 6.45) is 12.7. The van der Waals surface area contributed by atoms with Gasteiger partial charge in [0.25, 0.3) is 0 Å². The SMILES string of the molecule is CC(C)C(O)CCC(C)C1CCC2C3C(C)C[C@H]4CC5(CCC4(C)C3CCC12C)OCCO5.CO. The molecule has 10 atom stereocenters. The van der Waals surface area contributed by atoms with Crippen LogP contribution in [0, 0.1) is 58.2 Å². The van der Waals surface area contributed by atoms with Crippen molar-refractivity contribution in [1.29, 1.82) is 0 Å². The zero-order valence-electron chi connectivity index (χ0n) is 23.9. The Kier molecular flexibility index (Phi) is 8.39. The van der Waals surface area contributed by atoms with Crippen LogP contribution in [0.1, 0.15) is 106 Å². The van der Waals surface area contributed by atoms with Gasteiger partial charge < -0.3 is 19.7 Å². The largest absolute Gasteiger partial charge is 0.400 e. The molecular weight excluding hydrogens is 436 g/mol. The Bertz CT molecular complexity index is 702. The van der Waals surface area contributed by atoms with Crippen LogP contribution in [-0.2, 0) is 9.47 Å². The Morgan fingerprint density at radius 2 is 1.51 bits per heavy atom. The van der Waals surface area contributed by atoms with Gasteiger partial charge in [0.05, 0.1) is 19.3 Å². The van der Waals surface area contributed by atoms with Crippen molar-refractivity contribution >= 4 is 0 Å². The minimum absolute atomic E-state index is 0.133. The third-order valence-electron chi connectivity index (χ3n) is 12.3. The lowest BCUT2D eigenvalue weighted by Crippen LogP contribution is -2.58. The highest BCUT2D eigenvalue weighted by atomic mass is 16.7. The normalized spacial score (nSPS) is 45.8. The van der Waals surface area contributed by atoms with E-state index in [1.165, 1.54) is 44.9 Å². The number of hydrogen-bond acceptors (Lipinski definition) is 4. The monoisotopic (exact) mass is 492 g/mol. The highest BCUT2D eigenvalue weighted by Crippen LogP contribution is 2.70. The number of rotatable bonds is 5. The van der Waals surface area contributed by atoms with Crippen molar-refractivity contribution in [2.75, 3.05) is 20.3 Å². The molecule has 4 saturated carbocycles. The van der Waals surface area contributed by atoms with Gasteiger partial charge in [-0.25, -0.2) is 0 Å². The predicted molar refractivity (Wildman–Crippen MR) is 142 cm³/mol. The van der Waals surface area contributed by atoms with E-state index in [-0.39, 0.29) is 11.9 Å². The van der Waals surface area contributed by atoms with Gasteiger partial charge in [-0.1, -0.05) is 41.5 Å².